The maximum atomic E-state index is 12.8. The molecule has 0 aliphatic carbocycles. The molecule has 2 aromatic rings. The predicted molar refractivity (Wildman–Crippen MR) is 139 cm³/mol. The molecule has 0 radical (unpaired) electrons. The Morgan fingerprint density at radius 2 is 1.77 bits per heavy atom. The summed E-state index contributed by atoms with van der Waals surface area (Å²) < 4.78 is 5.65. The lowest BCUT2D eigenvalue weighted by Gasteiger charge is -2.23. The van der Waals surface area contributed by atoms with Crippen LogP contribution in [0.3, 0.4) is 0 Å². The van der Waals surface area contributed by atoms with Crippen LogP contribution in [0.15, 0.2) is 36.5 Å². The quantitative estimate of drug-likeness (QED) is 0.182. The number of hydrogen-bond acceptors (Lipinski definition) is 5. The van der Waals surface area contributed by atoms with Gasteiger partial charge in [-0.2, -0.15) is 0 Å². The lowest BCUT2D eigenvalue weighted by molar-refractivity contribution is -0.146. The molecule has 3 rings (SSSR count). The van der Waals surface area contributed by atoms with Crippen LogP contribution in [0.2, 0.25) is 0 Å². The van der Waals surface area contributed by atoms with Gasteiger partial charge in [-0.3, -0.25) is 4.79 Å². The van der Waals surface area contributed by atoms with E-state index in [0.717, 1.165) is 43.4 Å². The van der Waals surface area contributed by atoms with Crippen LogP contribution in [0.5, 0.6) is 5.75 Å². The molecule has 6 nitrogen and oxygen atoms in total. The van der Waals surface area contributed by atoms with Gasteiger partial charge in [0.2, 0.25) is 5.91 Å². The number of benzene rings is 1. The van der Waals surface area contributed by atoms with Crippen molar-refractivity contribution in [1.82, 2.24) is 14.9 Å². The van der Waals surface area contributed by atoms with Crippen molar-refractivity contribution in [2.45, 2.75) is 103 Å². The monoisotopic (exact) mass is 479 g/mol. The van der Waals surface area contributed by atoms with Gasteiger partial charge < -0.3 is 9.64 Å². The molecule has 35 heavy (non-hydrogen) atoms. The van der Waals surface area contributed by atoms with Gasteiger partial charge in [-0.25, -0.2) is 14.8 Å². The minimum absolute atomic E-state index is 0.0601. The number of rotatable bonds is 13. The van der Waals surface area contributed by atoms with E-state index in [1.807, 2.05) is 24.4 Å². The largest absolute Gasteiger partial charge is 0.425 e. The second-order valence-corrected chi connectivity index (χ2v) is 9.70. The molecule has 1 aliphatic rings. The highest BCUT2D eigenvalue weighted by molar-refractivity contribution is 5.86. The van der Waals surface area contributed by atoms with Gasteiger partial charge in [0.05, 0.1) is 0 Å². The van der Waals surface area contributed by atoms with Crippen molar-refractivity contribution in [2.24, 2.45) is 0 Å². The van der Waals surface area contributed by atoms with Crippen molar-refractivity contribution in [1.29, 1.82) is 0 Å². The van der Waals surface area contributed by atoms with Crippen molar-refractivity contribution in [3.05, 3.63) is 42.2 Å². The molecule has 190 valence electrons. The molecule has 2 atom stereocenters. The number of esters is 1. The van der Waals surface area contributed by atoms with Crippen molar-refractivity contribution >= 4 is 11.9 Å². The third-order valence-electron chi connectivity index (χ3n) is 6.84. The second-order valence-electron chi connectivity index (χ2n) is 9.70. The second kappa shape index (κ2) is 14.0. The number of ether oxygens (including phenoxy) is 1. The normalized spacial score (nSPS) is 16.3. The van der Waals surface area contributed by atoms with E-state index in [4.69, 9.17) is 9.72 Å². The molecule has 0 N–H and O–H groups in total. The smallest absolute Gasteiger partial charge is 0.334 e. The van der Waals surface area contributed by atoms with Crippen LogP contribution in [-0.2, 0) is 9.59 Å². The summed E-state index contributed by atoms with van der Waals surface area (Å²) in [4.78, 5) is 36.3. The highest BCUT2D eigenvalue weighted by Gasteiger charge is 2.35. The predicted octanol–water partition coefficient (Wildman–Crippen LogP) is 6.69. The number of amides is 1. The molecule has 1 amide bonds. The van der Waals surface area contributed by atoms with E-state index in [-0.39, 0.29) is 11.9 Å². The van der Waals surface area contributed by atoms with Crippen LogP contribution in [0.1, 0.15) is 103 Å². The summed E-state index contributed by atoms with van der Waals surface area (Å²) in [7, 11) is 0. The maximum absolute atomic E-state index is 12.8. The molecule has 1 aliphatic heterocycles. The number of nitrogens with zero attached hydrogens (tertiary/aromatic N) is 3. The molecule has 1 aromatic heterocycles. The summed E-state index contributed by atoms with van der Waals surface area (Å²) in [5.41, 5.74) is 1.95. The van der Waals surface area contributed by atoms with Crippen LogP contribution in [-0.4, -0.2) is 39.3 Å². The third-order valence-corrected chi connectivity index (χ3v) is 6.84. The Balaban J connectivity index is 1.58. The number of hydrogen-bond donors (Lipinski definition) is 0. The highest BCUT2D eigenvalue weighted by atomic mass is 16.5. The van der Waals surface area contributed by atoms with E-state index in [1.54, 1.807) is 17.0 Å². The first-order valence-electron chi connectivity index (χ1n) is 13.5. The molecular formula is C29H41N3O3. The van der Waals surface area contributed by atoms with E-state index in [9.17, 15) is 9.59 Å². The molecule has 1 saturated heterocycles. The average molecular weight is 480 g/mol. The summed E-state index contributed by atoms with van der Waals surface area (Å²) >= 11 is 0. The summed E-state index contributed by atoms with van der Waals surface area (Å²) in [6.45, 7) is 7.20. The molecule has 2 heterocycles. The summed E-state index contributed by atoms with van der Waals surface area (Å²) in [6.07, 6.45) is 12.9. The van der Waals surface area contributed by atoms with Crippen LogP contribution < -0.4 is 4.74 Å². The van der Waals surface area contributed by atoms with Crippen LogP contribution >= 0.6 is 0 Å². The van der Waals surface area contributed by atoms with Gasteiger partial charge in [0.15, 0.2) is 5.82 Å². The standard InChI is InChI=1S/C29H41N3O3/c1-4-6-8-10-12-22(3)25-19-20-30-28(31-25)23-15-17-24(18-16-23)35-29(34)26-13-11-21-32(26)27(33)14-9-7-5-2/h15-20,22,26H,4-14,21H2,1-3H3/t22?,26-/m0/s1. The van der Waals surface area contributed by atoms with Crippen molar-refractivity contribution < 1.29 is 14.3 Å². The van der Waals surface area contributed by atoms with E-state index in [0.29, 0.717) is 36.9 Å². The summed E-state index contributed by atoms with van der Waals surface area (Å²) in [6, 6.07) is 8.84. The average Bonchev–Trinajstić information content (AvgIpc) is 3.38. The third kappa shape index (κ3) is 7.87. The Morgan fingerprint density at radius 3 is 2.51 bits per heavy atom. The Morgan fingerprint density at radius 1 is 1.03 bits per heavy atom. The van der Waals surface area contributed by atoms with Crippen molar-refractivity contribution in [3.8, 4) is 17.1 Å². The van der Waals surface area contributed by atoms with Crippen LogP contribution in [0, 0.1) is 0 Å². The van der Waals surface area contributed by atoms with E-state index < -0.39 is 6.04 Å². The van der Waals surface area contributed by atoms with Gasteiger partial charge >= 0.3 is 5.97 Å². The first-order chi connectivity index (χ1) is 17.0. The van der Waals surface area contributed by atoms with Gasteiger partial charge in [0.1, 0.15) is 11.8 Å². The Bertz CT molecular complexity index is 944. The van der Waals surface area contributed by atoms with Gasteiger partial charge in [0, 0.05) is 30.4 Å². The van der Waals surface area contributed by atoms with Crippen molar-refractivity contribution in [3.63, 3.8) is 0 Å². The molecule has 0 saturated carbocycles. The fourth-order valence-corrected chi connectivity index (χ4v) is 4.65. The molecule has 1 unspecified atom stereocenters. The minimum atomic E-state index is -0.484. The van der Waals surface area contributed by atoms with Gasteiger partial charge in [-0.1, -0.05) is 59.3 Å². The number of carbonyl (C=O) groups excluding carboxylic acids is 2. The van der Waals surface area contributed by atoms with E-state index in [1.165, 1.54) is 25.7 Å². The zero-order valence-electron chi connectivity index (χ0n) is 21.7. The number of likely N-dealkylation sites (tertiary alicyclic amines) is 1. The lowest BCUT2D eigenvalue weighted by Crippen LogP contribution is -2.42. The van der Waals surface area contributed by atoms with Crippen LogP contribution in [0.25, 0.3) is 11.4 Å². The molecule has 1 aromatic carbocycles. The van der Waals surface area contributed by atoms with Gasteiger partial charge in [-0.05, 0) is 61.9 Å². The topological polar surface area (TPSA) is 72.4 Å². The van der Waals surface area contributed by atoms with Gasteiger partial charge in [-0.15, -0.1) is 0 Å². The van der Waals surface area contributed by atoms with E-state index in [2.05, 4.69) is 25.8 Å². The molecule has 0 bridgehead atoms. The Labute approximate surface area is 210 Å². The number of aromatic nitrogens is 2. The molecule has 0 spiro atoms. The lowest BCUT2D eigenvalue weighted by atomic mass is 9.99. The van der Waals surface area contributed by atoms with E-state index >= 15 is 0 Å². The first-order valence-corrected chi connectivity index (χ1v) is 13.5. The van der Waals surface area contributed by atoms with Gasteiger partial charge in [0.25, 0.3) is 0 Å². The minimum Gasteiger partial charge on any atom is -0.425 e. The molecule has 1 fully saturated rings. The number of unbranched alkanes of at least 4 members (excludes halogenated alkanes) is 5. The van der Waals surface area contributed by atoms with Crippen molar-refractivity contribution in [2.75, 3.05) is 6.54 Å². The summed E-state index contributed by atoms with van der Waals surface area (Å²) in [5.74, 6) is 1.26. The first kappa shape index (κ1) is 26.8. The zero-order valence-corrected chi connectivity index (χ0v) is 21.7. The fraction of sp³-hybridized carbons (Fsp3) is 0.586. The highest BCUT2D eigenvalue weighted by Crippen LogP contribution is 2.26. The zero-order chi connectivity index (χ0) is 25.0. The summed E-state index contributed by atoms with van der Waals surface area (Å²) in [5, 5.41) is 0. The SMILES string of the molecule is CCCCCCC(C)c1ccnc(-c2ccc(OC(=O)[C@@H]3CCCN3C(=O)CCCCC)cc2)n1. The Hall–Kier alpha value is -2.76. The Kier molecular flexibility index (Phi) is 10.7. The van der Waals surface area contributed by atoms with Crippen LogP contribution in [0.4, 0.5) is 0 Å². The molecule has 6 heteroatoms. The number of carbonyl (C=O) groups is 2. The molecular weight excluding hydrogens is 438 g/mol. The fourth-order valence-electron chi connectivity index (χ4n) is 4.65. The maximum Gasteiger partial charge on any atom is 0.334 e.